The lowest BCUT2D eigenvalue weighted by atomic mass is 10.1. The zero-order valence-electron chi connectivity index (χ0n) is 43.6. The number of likely N-dealkylation sites (N-methyl/N-ethyl adjacent to an activating group) is 1. The van der Waals surface area contributed by atoms with Gasteiger partial charge < -0.3 is 33.3 Å². The third-order valence-corrected chi connectivity index (χ3v) is 10.1. The Balaban J connectivity index is 4.51. The van der Waals surface area contributed by atoms with E-state index in [4.69, 9.17) is 18.9 Å². The van der Waals surface area contributed by atoms with Crippen LogP contribution in [0.25, 0.3) is 0 Å². The van der Waals surface area contributed by atoms with Crippen LogP contribution in [0.2, 0.25) is 0 Å². The van der Waals surface area contributed by atoms with Gasteiger partial charge in [-0.05, 0) is 116 Å². The molecule has 0 bridgehead atoms. The molecule has 0 amide bonds. The van der Waals surface area contributed by atoms with Gasteiger partial charge in [0.15, 0.2) is 12.4 Å². The zero-order valence-corrected chi connectivity index (χ0v) is 43.6. The van der Waals surface area contributed by atoms with E-state index in [0.29, 0.717) is 23.9 Å². The number of rotatable bonds is 45. The summed E-state index contributed by atoms with van der Waals surface area (Å²) in [5, 5.41) is 11.7. The maximum Gasteiger partial charge on any atom is 0.306 e. The molecule has 0 fully saturated rings. The van der Waals surface area contributed by atoms with Gasteiger partial charge in [0.2, 0.25) is 0 Å². The Labute approximate surface area is 420 Å². The lowest BCUT2D eigenvalue weighted by Gasteiger charge is -2.26. The Morgan fingerprint density at radius 1 is 0.435 bits per heavy atom. The predicted molar refractivity (Wildman–Crippen MR) is 287 cm³/mol. The molecule has 0 rings (SSSR count). The summed E-state index contributed by atoms with van der Waals surface area (Å²) < 4.78 is 22.5. The van der Waals surface area contributed by atoms with Crippen LogP contribution in [-0.2, 0) is 33.3 Å². The van der Waals surface area contributed by atoms with Crippen LogP contribution in [0.15, 0.2) is 146 Å². The average Bonchev–Trinajstić information content (AvgIpc) is 3.31. The molecule has 386 valence electrons. The molecule has 0 aromatic heterocycles. The highest BCUT2D eigenvalue weighted by Gasteiger charge is 2.21. The molecule has 0 saturated heterocycles. The van der Waals surface area contributed by atoms with E-state index in [1.54, 1.807) is 0 Å². The molecule has 0 aromatic rings. The molecule has 0 aliphatic rings. The molecule has 0 aromatic carbocycles. The number of unbranched alkanes of at least 4 members (excludes halogenated alkanes) is 6. The van der Waals surface area contributed by atoms with Crippen LogP contribution in [0.4, 0.5) is 0 Å². The van der Waals surface area contributed by atoms with E-state index in [0.717, 1.165) is 116 Å². The molecule has 0 heterocycles. The largest absolute Gasteiger partial charge is 0.545 e. The topological polar surface area (TPSA) is 111 Å². The van der Waals surface area contributed by atoms with Gasteiger partial charge in [0.1, 0.15) is 13.2 Å². The summed E-state index contributed by atoms with van der Waals surface area (Å²) in [5.74, 6) is -2.40. The fraction of sp³-hybridized carbons (Fsp3) is 0.550. The average molecular weight is 956 g/mol. The maximum atomic E-state index is 12.8. The number of carbonyl (C=O) groups excluding carboxylic acids is 3. The van der Waals surface area contributed by atoms with E-state index in [9.17, 15) is 19.5 Å². The highest BCUT2D eigenvalue weighted by molar-refractivity contribution is 5.70. The first-order chi connectivity index (χ1) is 33.6. The van der Waals surface area contributed by atoms with E-state index >= 15 is 0 Å². The van der Waals surface area contributed by atoms with Crippen LogP contribution in [-0.4, -0.2) is 82.3 Å². The Hall–Kier alpha value is -4.83. The molecule has 9 heteroatoms. The van der Waals surface area contributed by atoms with Gasteiger partial charge in [-0.2, -0.15) is 0 Å². The Kier molecular flexibility index (Phi) is 46.1. The third-order valence-electron chi connectivity index (χ3n) is 10.1. The highest BCUT2D eigenvalue weighted by Crippen LogP contribution is 2.11. The SMILES string of the molecule is CC/C=C\C/C=C\C/C=C\C/C=C\C/C=C\C/C=C\C/C=C\CCCCCC(=O)OC(COC(=O)CCCCC/C=C\C/C=C\C/C=C\C/C=C\C/C=C\CC)COC(OCC[N+](C)(C)C)C(=O)[O-]. The minimum absolute atomic E-state index is 0.125. The van der Waals surface area contributed by atoms with E-state index in [-0.39, 0.29) is 32.7 Å². The smallest absolute Gasteiger partial charge is 0.306 e. The van der Waals surface area contributed by atoms with Gasteiger partial charge in [0.25, 0.3) is 0 Å². The third kappa shape index (κ3) is 50.9. The van der Waals surface area contributed by atoms with Crippen molar-refractivity contribution in [3.05, 3.63) is 146 Å². The molecule has 0 N–H and O–H groups in total. The summed E-state index contributed by atoms with van der Waals surface area (Å²) in [6, 6.07) is 0. The number of hydrogen-bond donors (Lipinski definition) is 0. The van der Waals surface area contributed by atoms with Crippen molar-refractivity contribution in [2.45, 2.75) is 167 Å². The molecule has 2 atom stereocenters. The number of quaternary nitrogens is 1. The second-order valence-electron chi connectivity index (χ2n) is 17.7. The standard InChI is InChI=1S/C60H93NO8/c1-6-8-10-12-14-16-18-20-22-24-26-27-28-29-30-31-33-35-37-39-41-43-45-47-49-51-58(63)69-56(55-68-60(59(64)65)66-53-52-61(3,4)5)54-67-57(62)50-48-46-44-42-40-38-36-34-32-25-23-21-19-17-15-13-11-9-7-2/h8-11,14-17,20-23,26-27,29-30,32-35,38-41,56,60H,6-7,12-13,18-19,24-25,28,31,36-37,42-55H2,1-5H3/b10-8-,11-9-,16-14-,17-15-,22-20-,23-21-,27-26-,30-29-,34-32-,35-33-,40-38-,41-39-. The quantitative estimate of drug-likeness (QED) is 0.0195. The fourth-order valence-corrected chi connectivity index (χ4v) is 6.13. The molecule has 0 aliphatic carbocycles. The summed E-state index contributed by atoms with van der Waals surface area (Å²) in [4.78, 5) is 37.2. The molecule has 9 nitrogen and oxygen atoms in total. The summed E-state index contributed by atoms with van der Waals surface area (Å²) in [6.45, 7) is 4.40. The van der Waals surface area contributed by atoms with Crippen molar-refractivity contribution in [2.24, 2.45) is 0 Å². The number of aliphatic carboxylic acids is 1. The Morgan fingerprint density at radius 3 is 1.13 bits per heavy atom. The van der Waals surface area contributed by atoms with Gasteiger partial charge in [0, 0.05) is 12.8 Å². The van der Waals surface area contributed by atoms with Crippen LogP contribution in [0.1, 0.15) is 155 Å². The minimum atomic E-state index is -1.65. The van der Waals surface area contributed by atoms with Crippen molar-refractivity contribution in [2.75, 3.05) is 47.5 Å². The van der Waals surface area contributed by atoms with Crippen LogP contribution in [0, 0.1) is 0 Å². The summed E-state index contributed by atoms with van der Waals surface area (Å²) in [6.07, 6.45) is 68.8. The molecule has 0 aliphatic heterocycles. The van der Waals surface area contributed by atoms with Crippen molar-refractivity contribution in [1.82, 2.24) is 0 Å². The van der Waals surface area contributed by atoms with Crippen LogP contribution in [0.3, 0.4) is 0 Å². The Bertz CT molecular complexity index is 1630. The fourth-order valence-electron chi connectivity index (χ4n) is 6.13. The number of carboxylic acids is 1. The highest BCUT2D eigenvalue weighted by atomic mass is 16.7. The number of allylic oxidation sites excluding steroid dienone is 24. The van der Waals surface area contributed by atoms with Crippen molar-refractivity contribution in [1.29, 1.82) is 0 Å². The first-order valence-electron chi connectivity index (χ1n) is 26.0. The van der Waals surface area contributed by atoms with Gasteiger partial charge >= 0.3 is 11.9 Å². The molecule has 0 spiro atoms. The lowest BCUT2D eigenvalue weighted by molar-refractivity contribution is -0.870. The lowest BCUT2D eigenvalue weighted by Crippen LogP contribution is -2.44. The number of ether oxygens (including phenoxy) is 4. The normalized spacial score (nSPS) is 14.0. The van der Waals surface area contributed by atoms with E-state index in [1.807, 2.05) is 21.1 Å². The van der Waals surface area contributed by atoms with Gasteiger partial charge in [0.05, 0.1) is 40.3 Å². The summed E-state index contributed by atoms with van der Waals surface area (Å²) in [7, 11) is 5.88. The van der Waals surface area contributed by atoms with Gasteiger partial charge in [-0.1, -0.05) is 173 Å². The molecule has 0 radical (unpaired) electrons. The first kappa shape index (κ1) is 64.2. The minimum Gasteiger partial charge on any atom is -0.545 e. The number of carbonyl (C=O) groups is 3. The predicted octanol–water partition coefficient (Wildman–Crippen LogP) is 13.6. The van der Waals surface area contributed by atoms with Crippen molar-refractivity contribution >= 4 is 17.9 Å². The monoisotopic (exact) mass is 956 g/mol. The molecular weight excluding hydrogens is 863 g/mol. The second kappa shape index (κ2) is 49.6. The number of nitrogens with zero attached hydrogens (tertiary/aromatic N) is 1. The molecular formula is C60H93NO8. The molecule has 2 unspecified atom stereocenters. The van der Waals surface area contributed by atoms with Crippen molar-refractivity contribution < 1.29 is 42.9 Å². The Morgan fingerprint density at radius 2 is 0.783 bits per heavy atom. The number of esters is 2. The van der Waals surface area contributed by atoms with E-state index < -0.39 is 30.3 Å². The van der Waals surface area contributed by atoms with Crippen LogP contribution >= 0.6 is 0 Å². The van der Waals surface area contributed by atoms with Crippen LogP contribution < -0.4 is 5.11 Å². The van der Waals surface area contributed by atoms with Gasteiger partial charge in [-0.3, -0.25) is 9.59 Å². The summed E-state index contributed by atoms with van der Waals surface area (Å²) in [5.41, 5.74) is 0. The first-order valence-corrected chi connectivity index (χ1v) is 26.0. The van der Waals surface area contributed by atoms with Crippen molar-refractivity contribution in [3.63, 3.8) is 0 Å². The van der Waals surface area contributed by atoms with Crippen molar-refractivity contribution in [3.8, 4) is 0 Å². The van der Waals surface area contributed by atoms with Crippen LogP contribution in [0.5, 0.6) is 0 Å². The molecule has 0 saturated carbocycles. The second-order valence-corrected chi connectivity index (χ2v) is 17.7. The molecule has 69 heavy (non-hydrogen) atoms. The van der Waals surface area contributed by atoms with E-state index in [1.165, 1.54) is 0 Å². The van der Waals surface area contributed by atoms with Gasteiger partial charge in [-0.15, -0.1) is 0 Å². The maximum absolute atomic E-state index is 12.8. The summed E-state index contributed by atoms with van der Waals surface area (Å²) >= 11 is 0. The van der Waals surface area contributed by atoms with E-state index in [2.05, 4.69) is 160 Å². The van der Waals surface area contributed by atoms with Gasteiger partial charge in [-0.25, -0.2) is 0 Å². The number of hydrogen-bond acceptors (Lipinski definition) is 8. The number of carboxylic acid groups (broad SMARTS) is 1. The zero-order chi connectivity index (χ0) is 50.6.